The third-order valence-electron chi connectivity index (χ3n) is 2.92. The molecule has 0 aliphatic rings. The molecule has 2 aromatic carbocycles. The van der Waals surface area contributed by atoms with Gasteiger partial charge in [-0.2, -0.15) is 0 Å². The van der Waals surface area contributed by atoms with Crippen LogP contribution in [0.3, 0.4) is 0 Å². The second-order valence-electron chi connectivity index (χ2n) is 4.52. The van der Waals surface area contributed by atoms with Gasteiger partial charge < -0.3 is 5.32 Å². The molecular weight excluding hydrogens is 389 g/mol. The summed E-state index contributed by atoms with van der Waals surface area (Å²) in [7, 11) is 0. The first-order chi connectivity index (χ1) is 8.97. The van der Waals surface area contributed by atoms with Crippen LogP contribution in [0.2, 0.25) is 5.02 Å². The van der Waals surface area contributed by atoms with Crippen LogP contribution in [0.15, 0.2) is 45.3 Å². The van der Waals surface area contributed by atoms with Crippen molar-refractivity contribution < 1.29 is 0 Å². The first-order valence-corrected chi connectivity index (χ1v) is 7.91. The molecule has 100 valence electrons. The highest BCUT2D eigenvalue weighted by Gasteiger charge is 2.11. The van der Waals surface area contributed by atoms with Crippen molar-refractivity contribution in [3.05, 3.63) is 61.5 Å². The van der Waals surface area contributed by atoms with E-state index in [0.717, 1.165) is 19.7 Å². The Morgan fingerprint density at radius 1 is 1.11 bits per heavy atom. The van der Waals surface area contributed by atoms with Gasteiger partial charge in [-0.15, -0.1) is 0 Å². The summed E-state index contributed by atoms with van der Waals surface area (Å²) in [4.78, 5) is 0. The Kier molecular flexibility index (Phi) is 4.93. The SMILES string of the molecule is Cc1ccc(Cl)c(NC(C)c2ccc(Br)cc2Br)c1. The van der Waals surface area contributed by atoms with Crippen LogP contribution in [0.5, 0.6) is 0 Å². The maximum absolute atomic E-state index is 6.21. The van der Waals surface area contributed by atoms with Gasteiger partial charge in [0, 0.05) is 15.0 Å². The molecule has 0 spiro atoms. The predicted octanol–water partition coefficient (Wildman–Crippen LogP) is 6.35. The van der Waals surface area contributed by atoms with E-state index < -0.39 is 0 Å². The van der Waals surface area contributed by atoms with E-state index >= 15 is 0 Å². The van der Waals surface area contributed by atoms with Gasteiger partial charge >= 0.3 is 0 Å². The zero-order chi connectivity index (χ0) is 14.0. The van der Waals surface area contributed by atoms with Crippen molar-refractivity contribution in [1.82, 2.24) is 0 Å². The van der Waals surface area contributed by atoms with Crippen molar-refractivity contribution in [3.63, 3.8) is 0 Å². The number of halogens is 3. The first kappa shape index (κ1) is 14.9. The van der Waals surface area contributed by atoms with E-state index in [9.17, 15) is 0 Å². The van der Waals surface area contributed by atoms with E-state index in [0.29, 0.717) is 0 Å². The topological polar surface area (TPSA) is 12.0 Å². The van der Waals surface area contributed by atoms with E-state index in [1.165, 1.54) is 11.1 Å². The number of aryl methyl sites for hydroxylation is 1. The first-order valence-electron chi connectivity index (χ1n) is 5.95. The molecule has 1 atom stereocenters. The van der Waals surface area contributed by atoms with Gasteiger partial charge in [0.1, 0.15) is 0 Å². The third-order valence-corrected chi connectivity index (χ3v) is 4.43. The van der Waals surface area contributed by atoms with Crippen molar-refractivity contribution in [2.45, 2.75) is 19.9 Å². The number of nitrogens with one attached hydrogen (secondary N) is 1. The Bertz CT molecular complexity index is 599. The van der Waals surface area contributed by atoms with Gasteiger partial charge in [-0.3, -0.25) is 0 Å². The molecule has 0 aliphatic carbocycles. The molecule has 0 fully saturated rings. The van der Waals surface area contributed by atoms with Gasteiger partial charge in [-0.1, -0.05) is 55.6 Å². The molecule has 0 amide bonds. The van der Waals surface area contributed by atoms with Crippen LogP contribution >= 0.6 is 43.5 Å². The van der Waals surface area contributed by atoms with Crippen molar-refractivity contribution in [2.75, 3.05) is 5.32 Å². The van der Waals surface area contributed by atoms with E-state index in [1.807, 2.05) is 24.3 Å². The molecule has 2 aromatic rings. The van der Waals surface area contributed by atoms with Gasteiger partial charge in [0.15, 0.2) is 0 Å². The molecule has 1 nitrogen and oxygen atoms in total. The van der Waals surface area contributed by atoms with E-state index in [1.54, 1.807) is 0 Å². The zero-order valence-corrected chi connectivity index (χ0v) is 14.6. The zero-order valence-electron chi connectivity index (χ0n) is 10.7. The second kappa shape index (κ2) is 6.29. The summed E-state index contributed by atoms with van der Waals surface area (Å²) >= 11 is 13.3. The second-order valence-corrected chi connectivity index (χ2v) is 6.69. The molecule has 0 bridgehead atoms. The van der Waals surface area contributed by atoms with Gasteiger partial charge in [0.05, 0.1) is 10.7 Å². The quantitative estimate of drug-likeness (QED) is 0.630. The maximum Gasteiger partial charge on any atom is 0.0637 e. The summed E-state index contributed by atoms with van der Waals surface area (Å²) in [5, 5.41) is 4.19. The lowest BCUT2D eigenvalue weighted by atomic mass is 10.1. The Labute approximate surface area is 135 Å². The van der Waals surface area contributed by atoms with Gasteiger partial charge in [0.25, 0.3) is 0 Å². The number of hydrogen-bond donors (Lipinski definition) is 1. The van der Waals surface area contributed by atoms with E-state index in [-0.39, 0.29) is 6.04 Å². The summed E-state index contributed by atoms with van der Waals surface area (Å²) in [6, 6.07) is 12.3. The lowest BCUT2D eigenvalue weighted by molar-refractivity contribution is 0.878. The fraction of sp³-hybridized carbons (Fsp3) is 0.200. The Hall–Kier alpha value is -0.510. The Morgan fingerprint density at radius 3 is 2.53 bits per heavy atom. The molecule has 4 heteroatoms. The summed E-state index contributed by atoms with van der Waals surface area (Å²) in [6.07, 6.45) is 0. The van der Waals surface area contributed by atoms with Gasteiger partial charge in [0.2, 0.25) is 0 Å². The monoisotopic (exact) mass is 401 g/mol. The summed E-state index contributed by atoms with van der Waals surface area (Å²) in [5.74, 6) is 0. The van der Waals surface area contributed by atoms with E-state index in [4.69, 9.17) is 11.6 Å². The van der Waals surface area contributed by atoms with Gasteiger partial charge in [-0.05, 0) is 49.2 Å². The van der Waals surface area contributed by atoms with Crippen LogP contribution in [0, 0.1) is 6.92 Å². The van der Waals surface area contributed by atoms with Crippen LogP contribution in [0.1, 0.15) is 24.1 Å². The minimum atomic E-state index is 0.168. The molecule has 2 rings (SSSR count). The lowest BCUT2D eigenvalue weighted by Gasteiger charge is -2.18. The molecule has 1 unspecified atom stereocenters. The predicted molar refractivity (Wildman–Crippen MR) is 90.1 cm³/mol. The average Bonchev–Trinajstić information content (AvgIpc) is 2.33. The molecule has 0 saturated carbocycles. The highest BCUT2D eigenvalue weighted by atomic mass is 79.9. The molecule has 0 heterocycles. The van der Waals surface area contributed by atoms with Crippen LogP contribution in [-0.4, -0.2) is 0 Å². The van der Waals surface area contributed by atoms with Gasteiger partial charge in [-0.25, -0.2) is 0 Å². The van der Waals surface area contributed by atoms with Crippen molar-refractivity contribution >= 4 is 49.1 Å². The molecule has 1 N–H and O–H groups in total. The maximum atomic E-state index is 6.21. The fourth-order valence-corrected chi connectivity index (χ4v) is 3.48. The van der Waals surface area contributed by atoms with Crippen LogP contribution < -0.4 is 5.32 Å². The standard InChI is InChI=1S/C15H14Br2ClN/c1-9-3-6-14(18)15(7-9)19-10(2)12-5-4-11(16)8-13(12)17/h3-8,10,19H,1-2H3. The summed E-state index contributed by atoms with van der Waals surface area (Å²) < 4.78 is 2.13. The highest BCUT2D eigenvalue weighted by Crippen LogP contribution is 2.31. The summed E-state index contributed by atoms with van der Waals surface area (Å²) in [6.45, 7) is 4.17. The Balaban J connectivity index is 2.25. The van der Waals surface area contributed by atoms with Crippen LogP contribution in [0.4, 0.5) is 5.69 Å². The van der Waals surface area contributed by atoms with Crippen LogP contribution in [0.25, 0.3) is 0 Å². The van der Waals surface area contributed by atoms with E-state index in [2.05, 4.69) is 63.2 Å². The number of hydrogen-bond acceptors (Lipinski definition) is 1. The lowest BCUT2D eigenvalue weighted by Crippen LogP contribution is -2.07. The normalized spacial score (nSPS) is 12.3. The number of benzene rings is 2. The van der Waals surface area contributed by atoms with Crippen molar-refractivity contribution in [1.29, 1.82) is 0 Å². The average molecular weight is 404 g/mol. The third kappa shape index (κ3) is 3.74. The highest BCUT2D eigenvalue weighted by molar-refractivity contribution is 9.11. The fourth-order valence-electron chi connectivity index (χ4n) is 1.91. The Morgan fingerprint density at radius 2 is 1.84 bits per heavy atom. The van der Waals surface area contributed by atoms with Crippen molar-refractivity contribution in [2.24, 2.45) is 0 Å². The molecule has 0 aliphatic heterocycles. The molecule has 0 saturated heterocycles. The largest absolute Gasteiger partial charge is 0.377 e. The molecule has 19 heavy (non-hydrogen) atoms. The minimum Gasteiger partial charge on any atom is -0.377 e. The summed E-state index contributed by atoms with van der Waals surface area (Å²) in [5.41, 5.74) is 3.35. The minimum absolute atomic E-state index is 0.168. The molecule has 0 aromatic heterocycles. The number of anilines is 1. The molecule has 0 radical (unpaired) electrons. The van der Waals surface area contributed by atoms with Crippen LogP contribution in [-0.2, 0) is 0 Å². The smallest absolute Gasteiger partial charge is 0.0637 e. The molecular formula is C15H14Br2ClN. The van der Waals surface area contributed by atoms with Crippen molar-refractivity contribution in [3.8, 4) is 0 Å². The number of rotatable bonds is 3.